The predicted octanol–water partition coefficient (Wildman–Crippen LogP) is 7.15. The monoisotopic (exact) mass is 502 g/mol. The second kappa shape index (κ2) is 10.9. The highest BCUT2D eigenvalue weighted by atomic mass is 28.4. The standard InChI is InChI=1S/C26H54O5Si2/c1-16-20(17-18-28-32(12,13)24(3,4)5)22(27-11)23(31-33(14,15)25(6,7)8)21-19(2)29-26(9,10)30-21/h16,19-23H,1,17-18H2,2-15H3/t19-,20+,21+,22+,23+/m1/s1. The van der Waals surface area contributed by atoms with Crippen LogP contribution in [0.3, 0.4) is 0 Å². The highest BCUT2D eigenvalue weighted by Gasteiger charge is 2.51. The average molecular weight is 503 g/mol. The first-order valence-corrected chi connectivity index (χ1v) is 18.3. The zero-order valence-electron chi connectivity index (χ0n) is 24.1. The van der Waals surface area contributed by atoms with Gasteiger partial charge in [-0.05, 0) is 63.5 Å². The second-order valence-corrected chi connectivity index (χ2v) is 22.7. The molecule has 196 valence electrons. The van der Waals surface area contributed by atoms with E-state index < -0.39 is 22.4 Å². The minimum Gasteiger partial charge on any atom is -0.417 e. The van der Waals surface area contributed by atoms with Gasteiger partial charge in [-0.25, -0.2) is 0 Å². The first kappa shape index (κ1) is 31.0. The van der Waals surface area contributed by atoms with E-state index in [9.17, 15) is 0 Å². The maximum absolute atomic E-state index is 7.02. The van der Waals surface area contributed by atoms with Crippen LogP contribution in [0.25, 0.3) is 0 Å². The molecule has 0 radical (unpaired) electrons. The van der Waals surface area contributed by atoms with Gasteiger partial charge in [0, 0.05) is 19.6 Å². The summed E-state index contributed by atoms with van der Waals surface area (Å²) in [6.45, 7) is 33.6. The summed E-state index contributed by atoms with van der Waals surface area (Å²) in [6.07, 6.45) is 2.05. The van der Waals surface area contributed by atoms with Crippen LogP contribution in [0.4, 0.5) is 0 Å². The van der Waals surface area contributed by atoms with Gasteiger partial charge in [0.2, 0.25) is 0 Å². The Labute approximate surface area is 207 Å². The van der Waals surface area contributed by atoms with Gasteiger partial charge in [-0.2, -0.15) is 0 Å². The third kappa shape index (κ3) is 7.99. The third-order valence-corrected chi connectivity index (χ3v) is 17.0. The number of rotatable bonds is 11. The molecule has 1 saturated heterocycles. The molecular formula is C26H54O5Si2. The number of hydrogen-bond donors (Lipinski definition) is 0. The van der Waals surface area contributed by atoms with Gasteiger partial charge in [0.05, 0.1) is 12.2 Å². The lowest BCUT2D eigenvalue weighted by Gasteiger charge is -2.44. The van der Waals surface area contributed by atoms with Crippen LogP contribution < -0.4 is 0 Å². The molecule has 5 nitrogen and oxygen atoms in total. The summed E-state index contributed by atoms with van der Waals surface area (Å²) in [7, 11) is -2.16. The minimum atomic E-state index is -2.11. The molecule has 1 heterocycles. The van der Waals surface area contributed by atoms with E-state index in [0.29, 0.717) is 6.61 Å². The highest BCUT2D eigenvalue weighted by molar-refractivity contribution is 6.74. The fraction of sp³-hybridized carbons (Fsp3) is 0.923. The van der Waals surface area contributed by atoms with Crippen LogP contribution in [0, 0.1) is 5.92 Å². The molecule has 0 aliphatic carbocycles. The Morgan fingerprint density at radius 3 is 1.85 bits per heavy atom. The summed E-state index contributed by atoms with van der Waals surface area (Å²) in [6, 6.07) is 0. The molecule has 0 bridgehead atoms. The molecule has 5 atom stereocenters. The van der Waals surface area contributed by atoms with E-state index in [1.54, 1.807) is 7.11 Å². The lowest BCUT2D eigenvalue weighted by molar-refractivity contribution is -0.164. The van der Waals surface area contributed by atoms with Gasteiger partial charge < -0.3 is 23.1 Å². The van der Waals surface area contributed by atoms with Gasteiger partial charge in [0.15, 0.2) is 22.4 Å². The maximum atomic E-state index is 7.02. The van der Waals surface area contributed by atoms with Crippen molar-refractivity contribution in [1.29, 1.82) is 0 Å². The largest absolute Gasteiger partial charge is 0.417 e. The molecule has 1 aliphatic heterocycles. The summed E-state index contributed by atoms with van der Waals surface area (Å²) < 4.78 is 32.2. The normalized spacial score (nSPS) is 25.0. The van der Waals surface area contributed by atoms with Crippen LogP contribution in [0.5, 0.6) is 0 Å². The summed E-state index contributed by atoms with van der Waals surface area (Å²) in [5.74, 6) is -0.568. The Balaban J connectivity index is 3.20. The van der Waals surface area contributed by atoms with Crippen LogP contribution in [0.15, 0.2) is 12.7 Å². The zero-order valence-corrected chi connectivity index (χ0v) is 26.1. The Bertz CT molecular complexity index is 634. The summed E-state index contributed by atoms with van der Waals surface area (Å²) in [5, 5.41) is 0.248. The average Bonchev–Trinajstić information content (AvgIpc) is 2.90. The maximum Gasteiger partial charge on any atom is 0.192 e. The molecule has 0 N–H and O–H groups in total. The fourth-order valence-electron chi connectivity index (χ4n) is 3.77. The Hall–Kier alpha value is -0.0262. The molecule has 0 saturated carbocycles. The van der Waals surface area contributed by atoms with Crippen LogP contribution >= 0.6 is 0 Å². The van der Waals surface area contributed by atoms with Crippen molar-refractivity contribution in [2.45, 2.75) is 135 Å². The van der Waals surface area contributed by atoms with E-state index in [0.717, 1.165) is 6.42 Å². The molecule has 1 rings (SSSR count). The van der Waals surface area contributed by atoms with Crippen LogP contribution in [0.2, 0.25) is 36.3 Å². The molecular weight excluding hydrogens is 448 g/mol. The quantitative estimate of drug-likeness (QED) is 0.222. The first-order valence-electron chi connectivity index (χ1n) is 12.5. The molecule has 0 aromatic carbocycles. The SMILES string of the molecule is C=C[C@@H](CCO[Si](C)(C)C(C)(C)C)[C@H](OC)[C@@H](O[Si](C)(C)C(C)(C)C)[C@H]1OC(C)(C)O[C@@H]1C. The molecule has 1 aliphatic rings. The summed E-state index contributed by atoms with van der Waals surface area (Å²) >= 11 is 0. The van der Waals surface area contributed by atoms with E-state index in [1.807, 2.05) is 19.9 Å². The number of methoxy groups -OCH3 is 1. The van der Waals surface area contributed by atoms with E-state index in [2.05, 4.69) is 81.2 Å². The van der Waals surface area contributed by atoms with Crippen LogP contribution in [-0.2, 0) is 23.1 Å². The summed E-state index contributed by atoms with van der Waals surface area (Å²) in [5.41, 5.74) is 0. The smallest absolute Gasteiger partial charge is 0.192 e. The van der Waals surface area contributed by atoms with Crippen LogP contribution in [0.1, 0.15) is 68.7 Å². The Kier molecular flexibility index (Phi) is 10.3. The van der Waals surface area contributed by atoms with Crippen molar-refractivity contribution < 1.29 is 23.1 Å². The highest BCUT2D eigenvalue weighted by Crippen LogP contribution is 2.42. The van der Waals surface area contributed by atoms with Crippen molar-refractivity contribution in [3.8, 4) is 0 Å². The fourth-order valence-corrected chi connectivity index (χ4v) is 6.14. The topological polar surface area (TPSA) is 46.2 Å². The van der Waals surface area contributed by atoms with Gasteiger partial charge in [-0.1, -0.05) is 47.6 Å². The lowest BCUT2D eigenvalue weighted by atomic mass is 9.90. The van der Waals surface area contributed by atoms with Gasteiger partial charge in [-0.3, -0.25) is 0 Å². The first-order chi connectivity index (χ1) is 14.7. The van der Waals surface area contributed by atoms with Crippen molar-refractivity contribution in [3.05, 3.63) is 12.7 Å². The molecule has 7 heteroatoms. The van der Waals surface area contributed by atoms with Gasteiger partial charge >= 0.3 is 0 Å². The molecule has 33 heavy (non-hydrogen) atoms. The summed E-state index contributed by atoms with van der Waals surface area (Å²) in [4.78, 5) is 0. The predicted molar refractivity (Wildman–Crippen MR) is 144 cm³/mol. The van der Waals surface area contributed by atoms with E-state index in [1.165, 1.54) is 0 Å². The van der Waals surface area contributed by atoms with Gasteiger partial charge in [0.25, 0.3) is 0 Å². The van der Waals surface area contributed by atoms with Crippen molar-refractivity contribution in [2.75, 3.05) is 13.7 Å². The zero-order chi connectivity index (χ0) is 26.0. The molecule has 0 unspecified atom stereocenters. The van der Waals surface area contributed by atoms with Crippen molar-refractivity contribution in [3.63, 3.8) is 0 Å². The molecule has 0 spiro atoms. The molecule has 0 aromatic rings. The van der Waals surface area contributed by atoms with Crippen molar-refractivity contribution in [1.82, 2.24) is 0 Å². The minimum absolute atomic E-state index is 0.0663. The second-order valence-electron chi connectivity index (χ2n) is 13.1. The molecule has 0 amide bonds. The Morgan fingerprint density at radius 2 is 1.48 bits per heavy atom. The van der Waals surface area contributed by atoms with Gasteiger partial charge in [-0.15, -0.1) is 6.58 Å². The number of hydrogen-bond acceptors (Lipinski definition) is 5. The van der Waals surface area contributed by atoms with E-state index in [4.69, 9.17) is 23.1 Å². The van der Waals surface area contributed by atoms with E-state index >= 15 is 0 Å². The van der Waals surface area contributed by atoms with Crippen molar-refractivity contribution >= 4 is 16.6 Å². The number of ether oxygens (including phenoxy) is 3. The van der Waals surface area contributed by atoms with E-state index in [-0.39, 0.29) is 40.4 Å². The molecule has 1 fully saturated rings. The van der Waals surface area contributed by atoms with Crippen molar-refractivity contribution in [2.24, 2.45) is 5.92 Å². The van der Waals surface area contributed by atoms with Gasteiger partial charge in [0.1, 0.15) is 12.2 Å². The van der Waals surface area contributed by atoms with Crippen LogP contribution in [-0.4, -0.2) is 60.6 Å². The third-order valence-electron chi connectivity index (χ3n) is 7.95. The lowest BCUT2D eigenvalue weighted by Crippen LogP contribution is -2.55. The Morgan fingerprint density at radius 1 is 0.970 bits per heavy atom. The molecule has 0 aromatic heterocycles.